The second kappa shape index (κ2) is 8.93. The molecule has 7 rings (SSSR count). The van der Waals surface area contributed by atoms with E-state index in [9.17, 15) is 14.9 Å². The highest BCUT2D eigenvalue weighted by Gasteiger charge is 2.61. The predicted molar refractivity (Wildman–Crippen MR) is 144 cm³/mol. The summed E-state index contributed by atoms with van der Waals surface area (Å²) < 4.78 is 3.79. The molecule has 1 N–H and O–H groups in total. The Hall–Kier alpha value is -3.20. The van der Waals surface area contributed by atoms with Crippen LogP contribution < -0.4 is 5.32 Å². The van der Waals surface area contributed by atoms with Gasteiger partial charge in [-0.1, -0.05) is 41.9 Å². The number of aryl methyl sites for hydroxylation is 1. The van der Waals surface area contributed by atoms with E-state index in [-0.39, 0.29) is 27.7 Å². The zero-order valence-electron chi connectivity index (χ0n) is 22.0. The number of nitrogens with zero attached hydrogens (tertiary/aromatic N) is 5. The number of halogens is 1. The summed E-state index contributed by atoms with van der Waals surface area (Å²) in [4.78, 5) is 24.6. The smallest absolute Gasteiger partial charge is 0.358 e. The van der Waals surface area contributed by atoms with E-state index in [0.29, 0.717) is 30.5 Å². The number of carbonyl (C=O) groups excluding carboxylic acids is 1. The molecule has 4 fully saturated rings. The Bertz CT molecular complexity index is 1410. The molecule has 200 valence electrons. The van der Waals surface area contributed by atoms with Gasteiger partial charge in [0.25, 0.3) is 0 Å². The van der Waals surface area contributed by atoms with Crippen molar-refractivity contribution in [1.29, 1.82) is 0 Å². The Morgan fingerprint density at radius 3 is 2.42 bits per heavy atom. The molecule has 2 heterocycles. The van der Waals surface area contributed by atoms with Crippen molar-refractivity contribution in [3.05, 3.63) is 68.1 Å². The number of nitrogens with one attached hydrogen (secondary N) is 1. The molecule has 0 spiro atoms. The SMILES string of the molecule is Cc1nn(Cc2ccccc2)c(C)c1NC(=O)CC12CC3CC(C1)CC(n1nc([N+](=O)[O-])c(Cl)c1C)(C3)C2. The summed E-state index contributed by atoms with van der Waals surface area (Å²) in [5.74, 6) is 0.712. The average Bonchev–Trinajstić information content (AvgIpc) is 3.29. The van der Waals surface area contributed by atoms with Crippen LogP contribution in [0.25, 0.3) is 0 Å². The lowest BCUT2D eigenvalue weighted by atomic mass is 9.46. The molecule has 0 saturated heterocycles. The summed E-state index contributed by atoms with van der Waals surface area (Å²) in [6, 6.07) is 10.2. The Labute approximate surface area is 226 Å². The molecule has 9 nitrogen and oxygen atoms in total. The van der Waals surface area contributed by atoms with Crippen LogP contribution in [0.3, 0.4) is 0 Å². The molecule has 3 aromatic rings. The lowest BCUT2D eigenvalue weighted by molar-refractivity contribution is -0.389. The first-order chi connectivity index (χ1) is 18.1. The first-order valence-corrected chi connectivity index (χ1v) is 13.7. The van der Waals surface area contributed by atoms with Crippen LogP contribution in [0, 0.1) is 48.1 Å². The lowest BCUT2D eigenvalue weighted by Crippen LogP contribution is -2.57. The minimum atomic E-state index is -0.502. The van der Waals surface area contributed by atoms with Gasteiger partial charge in [0, 0.05) is 6.42 Å². The fourth-order valence-corrected chi connectivity index (χ4v) is 8.40. The van der Waals surface area contributed by atoms with Crippen molar-refractivity contribution in [2.24, 2.45) is 17.3 Å². The van der Waals surface area contributed by atoms with E-state index in [1.807, 2.05) is 48.3 Å². The van der Waals surface area contributed by atoms with Crippen LogP contribution in [0.1, 0.15) is 67.6 Å². The van der Waals surface area contributed by atoms with Crippen LogP contribution in [0.15, 0.2) is 30.3 Å². The van der Waals surface area contributed by atoms with E-state index in [2.05, 4.69) is 22.5 Å². The van der Waals surface area contributed by atoms with E-state index >= 15 is 0 Å². The Morgan fingerprint density at radius 1 is 1.11 bits per heavy atom. The minimum Gasteiger partial charge on any atom is -0.358 e. The topological polar surface area (TPSA) is 108 Å². The molecular formula is C28H33ClN6O3. The molecule has 38 heavy (non-hydrogen) atoms. The third kappa shape index (κ3) is 4.11. The third-order valence-electron chi connectivity index (χ3n) is 9.16. The first kappa shape index (κ1) is 25.1. The minimum absolute atomic E-state index is 0.00811. The number of hydrogen-bond acceptors (Lipinski definition) is 5. The number of nitro groups is 1. The fourth-order valence-electron chi connectivity index (χ4n) is 8.22. The van der Waals surface area contributed by atoms with Crippen molar-refractivity contribution in [1.82, 2.24) is 19.6 Å². The van der Waals surface area contributed by atoms with Crippen molar-refractivity contribution < 1.29 is 9.72 Å². The number of aromatic nitrogens is 4. The van der Waals surface area contributed by atoms with Gasteiger partial charge in [-0.3, -0.25) is 9.48 Å². The number of rotatable bonds is 7. The van der Waals surface area contributed by atoms with Gasteiger partial charge < -0.3 is 15.4 Å². The quantitative estimate of drug-likeness (QED) is 0.297. The maximum Gasteiger partial charge on any atom is 0.408 e. The van der Waals surface area contributed by atoms with Crippen molar-refractivity contribution in [3.8, 4) is 0 Å². The highest BCUT2D eigenvalue weighted by molar-refractivity contribution is 6.33. The van der Waals surface area contributed by atoms with Gasteiger partial charge in [-0.25, -0.2) is 0 Å². The Morgan fingerprint density at radius 2 is 1.79 bits per heavy atom. The van der Waals surface area contributed by atoms with Crippen molar-refractivity contribution >= 4 is 29.0 Å². The lowest BCUT2D eigenvalue weighted by Gasteiger charge is -2.61. The zero-order chi connectivity index (χ0) is 26.8. The van der Waals surface area contributed by atoms with Gasteiger partial charge in [0.15, 0.2) is 5.02 Å². The maximum atomic E-state index is 13.5. The summed E-state index contributed by atoms with van der Waals surface area (Å²) in [5.41, 5.74) is 3.88. The van der Waals surface area contributed by atoms with Crippen molar-refractivity contribution in [2.45, 2.75) is 77.8 Å². The largest absolute Gasteiger partial charge is 0.408 e. The number of benzene rings is 1. The normalized spacial score (nSPS) is 27.6. The van der Waals surface area contributed by atoms with Crippen LogP contribution in [0.4, 0.5) is 11.5 Å². The second-order valence-electron chi connectivity index (χ2n) is 12.0. The van der Waals surface area contributed by atoms with Gasteiger partial charge in [0.1, 0.15) is 0 Å². The second-order valence-corrected chi connectivity index (χ2v) is 12.4. The van der Waals surface area contributed by atoms with Crippen LogP contribution in [0.5, 0.6) is 0 Å². The molecule has 1 aromatic carbocycles. The van der Waals surface area contributed by atoms with Gasteiger partial charge in [0.05, 0.1) is 40.0 Å². The van der Waals surface area contributed by atoms with E-state index in [1.165, 1.54) is 0 Å². The zero-order valence-corrected chi connectivity index (χ0v) is 22.8. The summed E-state index contributed by atoms with van der Waals surface area (Å²) in [6.45, 7) is 6.40. The number of amides is 1. The molecule has 4 aliphatic rings. The monoisotopic (exact) mass is 536 g/mol. The van der Waals surface area contributed by atoms with Gasteiger partial charge in [0.2, 0.25) is 5.91 Å². The van der Waals surface area contributed by atoms with Gasteiger partial charge in [-0.2, -0.15) is 9.78 Å². The van der Waals surface area contributed by atoms with Crippen molar-refractivity contribution in [2.75, 3.05) is 5.32 Å². The third-order valence-corrected chi connectivity index (χ3v) is 9.60. The Balaban J connectivity index is 1.24. The molecule has 2 aromatic heterocycles. The molecule has 1 amide bonds. The molecule has 0 aliphatic heterocycles. The van der Waals surface area contributed by atoms with E-state index in [0.717, 1.165) is 61.2 Å². The van der Waals surface area contributed by atoms with E-state index < -0.39 is 4.92 Å². The van der Waals surface area contributed by atoms with Crippen LogP contribution in [-0.2, 0) is 16.9 Å². The van der Waals surface area contributed by atoms with Gasteiger partial charge in [-0.15, -0.1) is 0 Å². The predicted octanol–water partition coefficient (Wildman–Crippen LogP) is 5.94. The summed E-state index contributed by atoms with van der Waals surface area (Å²) in [7, 11) is 0. The van der Waals surface area contributed by atoms with Crippen LogP contribution >= 0.6 is 11.6 Å². The summed E-state index contributed by atoms with van der Waals surface area (Å²) >= 11 is 6.34. The average molecular weight is 537 g/mol. The summed E-state index contributed by atoms with van der Waals surface area (Å²) in [5, 5.41) is 24.0. The van der Waals surface area contributed by atoms with Gasteiger partial charge >= 0.3 is 5.82 Å². The first-order valence-electron chi connectivity index (χ1n) is 13.4. The molecular weight excluding hydrogens is 504 g/mol. The number of carbonyl (C=O) groups is 1. The van der Waals surface area contributed by atoms with E-state index in [4.69, 9.17) is 16.7 Å². The highest BCUT2D eigenvalue weighted by atomic mass is 35.5. The van der Waals surface area contributed by atoms with Crippen LogP contribution in [0.2, 0.25) is 5.02 Å². The summed E-state index contributed by atoms with van der Waals surface area (Å²) in [6.07, 6.45) is 6.29. The molecule has 4 aliphatic carbocycles. The molecule has 2 atom stereocenters. The van der Waals surface area contributed by atoms with Crippen LogP contribution in [-0.4, -0.2) is 30.4 Å². The standard InChI is InChI=1S/C28H33ClN6O3/c1-17-25(19(3)33(31-17)15-20-7-5-4-6-8-20)30-23(36)14-27-10-21-9-22(11-27)13-28(12-21,16-27)34-18(2)24(29)26(32-34)35(37)38/h4-8,21-22H,9-16H2,1-3H3,(H,30,36). The van der Waals surface area contributed by atoms with Gasteiger partial charge in [-0.05, 0) is 87.0 Å². The number of anilines is 1. The molecule has 0 radical (unpaired) electrons. The molecule has 4 saturated carbocycles. The fraction of sp³-hybridized carbons (Fsp3) is 0.536. The van der Waals surface area contributed by atoms with E-state index in [1.54, 1.807) is 0 Å². The maximum absolute atomic E-state index is 13.5. The van der Waals surface area contributed by atoms with Crippen molar-refractivity contribution in [3.63, 3.8) is 0 Å². The molecule has 4 bridgehead atoms. The Kier molecular flexibility index (Phi) is 5.90. The molecule has 10 heteroatoms. The number of hydrogen-bond donors (Lipinski definition) is 1. The highest BCUT2D eigenvalue weighted by Crippen LogP contribution is 2.65. The molecule has 2 unspecified atom stereocenters.